The third-order valence-electron chi connectivity index (χ3n) is 2.39. The van der Waals surface area contributed by atoms with Crippen LogP contribution in [0.4, 0.5) is 0 Å². The number of hydrogen-bond donors (Lipinski definition) is 0. The fourth-order valence-corrected chi connectivity index (χ4v) is 9.29. The van der Waals surface area contributed by atoms with Crippen LogP contribution in [0.15, 0.2) is 24.3 Å². The molecule has 0 radical (unpaired) electrons. The highest BCUT2D eigenvalue weighted by molar-refractivity contribution is 7.05. The van der Waals surface area contributed by atoms with Crippen LogP contribution in [-0.4, -0.2) is 22.0 Å². The first kappa shape index (κ1) is 14.3. The Kier molecular flexibility index (Phi) is 4.12. The van der Waals surface area contributed by atoms with Crippen molar-refractivity contribution in [2.75, 3.05) is 0 Å². The zero-order chi connectivity index (χ0) is 13.3. The highest BCUT2D eigenvalue weighted by Gasteiger charge is 2.37. The monoisotopic (exact) mass is 266 g/mol. The maximum absolute atomic E-state index is 12.5. The lowest BCUT2D eigenvalue weighted by Crippen LogP contribution is -2.48. The molecule has 0 saturated heterocycles. The molecule has 94 valence electrons. The maximum Gasteiger partial charge on any atom is 0.254 e. The Labute approximate surface area is 106 Å². The fraction of sp³-hybridized carbons (Fsp3) is 0.462. The summed E-state index contributed by atoms with van der Waals surface area (Å²) in [6.45, 7) is 12.4. The number of carbonyl (C=O) groups excluding carboxylic acids is 1. The third-order valence-corrected chi connectivity index (χ3v) is 8.26. The summed E-state index contributed by atoms with van der Waals surface area (Å²) in [6.07, 6.45) is 0. The van der Waals surface area contributed by atoms with Gasteiger partial charge in [-0.3, -0.25) is 4.79 Å². The van der Waals surface area contributed by atoms with E-state index in [1.165, 1.54) is 0 Å². The van der Waals surface area contributed by atoms with E-state index in [0.717, 1.165) is 11.1 Å². The molecule has 0 aliphatic heterocycles. The van der Waals surface area contributed by atoms with E-state index < -0.39 is 16.6 Å². The maximum atomic E-state index is 12.5. The van der Waals surface area contributed by atoms with Crippen LogP contribution in [0.25, 0.3) is 0 Å². The average molecular weight is 266 g/mol. The molecule has 0 aliphatic rings. The number of aryl methyl sites for hydroxylation is 1. The van der Waals surface area contributed by atoms with Crippen molar-refractivity contribution in [3.63, 3.8) is 0 Å². The second-order valence-electron chi connectivity index (χ2n) is 5.92. The molecule has 0 amide bonds. The minimum atomic E-state index is -2.28. The van der Waals surface area contributed by atoms with Gasteiger partial charge >= 0.3 is 0 Å². The van der Waals surface area contributed by atoms with Gasteiger partial charge in [0, 0.05) is 5.56 Å². The van der Waals surface area contributed by atoms with E-state index in [2.05, 4.69) is 19.6 Å². The minimum absolute atomic E-state index is 0.198. The Balaban J connectivity index is 2.96. The second kappa shape index (κ2) is 4.88. The molecule has 0 aliphatic carbocycles. The van der Waals surface area contributed by atoms with Gasteiger partial charge in [0.25, 0.3) is 8.32 Å². The Morgan fingerprint density at radius 1 is 1.12 bits per heavy atom. The van der Waals surface area contributed by atoms with E-state index in [-0.39, 0.29) is 5.41 Å². The molecule has 0 aromatic heterocycles. The van der Waals surface area contributed by atoms with Gasteiger partial charge < -0.3 is 4.12 Å². The first-order chi connectivity index (χ1) is 7.62. The summed E-state index contributed by atoms with van der Waals surface area (Å²) in [7, 11) is -3.94. The molecule has 1 aromatic carbocycles. The molecular formula is C13H22O2Si2. The normalized spacial score (nSPS) is 12.6. The third kappa shape index (κ3) is 4.22. The molecule has 0 heterocycles. The first-order valence-corrected chi connectivity index (χ1v) is 12.3. The average Bonchev–Trinajstić information content (AvgIpc) is 2.12. The molecule has 2 nitrogen and oxygen atoms in total. The SMILES string of the molecule is Cc1cccc(C(=O)[Si](C)(C)O[Si](C)(C)C)c1. The van der Waals surface area contributed by atoms with Crippen molar-refractivity contribution in [1.29, 1.82) is 0 Å². The molecule has 0 atom stereocenters. The van der Waals surface area contributed by atoms with Gasteiger partial charge in [-0.05, 0) is 45.7 Å². The molecule has 0 unspecified atom stereocenters. The molecule has 0 saturated carbocycles. The predicted molar refractivity (Wildman–Crippen MR) is 77.4 cm³/mol. The van der Waals surface area contributed by atoms with E-state index in [4.69, 9.17) is 4.12 Å². The van der Waals surface area contributed by atoms with Crippen LogP contribution in [-0.2, 0) is 4.12 Å². The second-order valence-corrected chi connectivity index (χ2v) is 14.4. The summed E-state index contributed by atoms with van der Waals surface area (Å²) in [4.78, 5) is 12.5. The fourth-order valence-electron chi connectivity index (χ4n) is 1.95. The Morgan fingerprint density at radius 3 is 2.18 bits per heavy atom. The summed E-state index contributed by atoms with van der Waals surface area (Å²) >= 11 is 0. The standard InChI is InChI=1S/C13H22O2Si2/c1-11-8-7-9-12(10-11)13(14)17(5,6)15-16(2,3)4/h7-10H,1-6H3. The lowest BCUT2D eigenvalue weighted by atomic mass is 10.2. The topological polar surface area (TPSA) is 26.3 Å². The van der Waals surface area contributed by atoms with Gasteiger partial charge in [0.1, 0.15) is 0 Å². The number of hydrogen-bond acceptors (Lipinski definition) is 2. The van der Waals surface area contributed by atoms with Gasteiger partial charge in [-0.1, -0.05) is 23.8 Å². The molecule has 0 spiro atoms. The van der Waals surface area contributed by atoms with E-state index in [1.54, 1.807) is 0 Å². The Bertz CT molecular complexity index is 420. The molecule has 1 rings (SSSR count). The molecule has 0 fully saturated rings. The largest absolute Gasteiger partial charge is 0.450 e. The molecular weight excluding hydrogens is 244 g/mol. The number of carbonyl (C=O) groups is 1. The van der Waals surface area contributed by atoms with Crippen molar-refractivity contribution in [3.8, 4) is 0 Å². The summed E-state index contributed by atoms with van der Waals surface area (Å²) in [6, 6.07) is 7.77. The Morgan fingerprint density at radius 2 is 1.71 bits per heavy atom. The molecule has 0 bridgehead atoms. The van der Waals surface area contributed by atoms with E-state index in [9.17, 15) is 4.79 Å². The Hall–Kier alpha value is -0.716. The molecule has 1 aromatic rings. The highest BCUT2D eigenvalue weighted by atomic mass is 28.4. The predicted octanol–water partition coefficient (Wildman–Crippen LogP) is 3.77. The van der Waals surface area contributed by atoms with Gasteiger partial charge in [0.05, 0.1) is 0 Å². The van der Waals surface area contributed by atoms with E-state index in [1.807, 2.05) is 44.3 Å². The van der Waals surface area contributed by atoms with Gasteiger partial charge in [0.15, 0.2) is 13.7 Å². The van der Waals surface area contributed by atoms with Crippen LogP contribution >= 0.6 is 0 Å². The van der Waals surface area contributed by atoms with Gasteiger partial charge in [0.2, 0.25) is 0 Å². The van der Waals surface area contributed by atoms with Crippen LogP contribution < -0.4 is 0 Å². The van der Waals surface area contributed by atoms with E-state index >= 15 is 0 Å². The lowest BCUT2D eigenvalue weighted by molar-refractivity contribution is 0.105. The van der Waals surface area contributed by atoms with Crippen LogP contribution in [0.3, 0.4) is 0 Å². The van der Waals surface area contributed by atoms with Crippen molar-refractivity contribution >= 4 is 22.0 Å². The lowest BCUT2D eigenvalue weighted by Gasteiger charge is -2.30. The zero-order valence-corrected chi connectivity index (χ0v) is 13.6. The molecule has 0 N–H and O–H groups in total. The quantitative estimate of drug-likeness (QED) is 0.775. The number of rotatable bonds is 4. The van der Waals surface area contributed by atoms with Crippen LogP contribution in [0.5, 0.6) is 0 Å². The van der Waals surface area contributed by atoms with Gasteiger partial charge in [-0.2, -0.15) is 0 Å². The van der Waals surface area contributed by atoms with Crippen molar-refractivity contribution < 1.29 is 8.91 Å². The summed E-state index contributed by atoms with van der Waals surface area (Å²) in [5.41, 5.74) is 1.91. The summed E-state index contributed by atoms with van der Waals surface area (Å²) in [5.74, 6) is 0. The number of benzene rings is 1. The minimum Gasteiger partial charge on any atom is -0.450 e. The van der Waals surface area contributed by atoms with Crippen LogP contribution in [0, 0.1) is 6.92 Å². The van der Waals surface area contributed by atoms with Gasteiger partial charge in [-0.15, -0.1) is 0 Å². The highest BCUT2D eigenvalue weighted by Crippen LogP contribution is 2.19. The zero-order valence-electron chi connectivity index (χ0n) is 11.6. The molecule has 17 heavy (non-hydrogen) atoms. The van der Waals surface area contributed by atoms with Crippen molar-refractivity contribution in [2.24, 2.45) is 0 Å². The summed E-state index contributed by atoms with van der Waals surface area (Å²) < 4.78 is 6.11. The van der Waals surface area contributed by atoms with E-state index in [0.29, 0.717) is 0 Å². The first-order valence-electron chi connectivity index (χ1n) is 5.93. The van der Waals surface area contributed by atoms with Crippen LogP contribution in [0.1, 0.15) is 15.9 Å². The summed E-state index contributed by atoms with van der Waals surface area (Å²) in [5, 5.41) is 0.198. The van der Waals surface area contributed by atoms with Crippen molar-refractivity contribution in [1.82, 2.24) is 0 Å². The smallest absolute Gasteiger partial charge is 0.254 e. The van der Waals surface area contributed by atoms with Crippen molar-refractivity contribution in [2.45, 2.75) is 39.7 Å². The van der Waals surface area contributed by atoms with Crippen LogP contribution in [0.2, 0.25) is 32.7 Å². The van der Waals surface area contributed by atoms with Gasteiger partial charge in [-0.25, -0.2) is 0 Å². The van der Waals surface area contributed by atoms with Crippen molar-refractivity contribution in [3.05, 3.63) is 35.4 Å². The molecule has 4 heteroatoms.